The first-order valence-electron chi connectivity index (χ1n) is 7.46. The zero-order chi connectivity index (χ0) is 17.8. The zero-order valence-corrected chi connectivity index (χ0v) is 15.4. The van der Waals surface area contributed by atoms with Crippen LogP contribution < -0.4 is 4.74 Å². The summed E-state index contributed by atoms with van der Waals surface area (Å²) in [7, 11) is 1.61. The highest BCUT2D eigenvalue weighted by Gasteiger charge is 2.32. The summed E-state index contributed by atoms with van der Waals surface area (Å²) in [4.78, 5) is 19.4. The number of thioether (sulfide) groups is 1. The number of aliphatic imine (C=N–C) groups is 1. The monoisotopic (exact) mass is 372 g/mol. The van der Waals surface area contributed by atoms with Crippen LogP contribution in [0.3, 0.4) is 0 Å². The Morgan fingerprint density at radius 3 is 2.92 bits per heavy atom. The SMILES string of the molecule is C=CCN1C(=O)/C(=C\c2cccc(OC)c2)SC1=Nc1nnc(C)s1. The van der Waals surface area contributed by atoms with Crippen LogP contribution >= 0.6 is 23.1 Å². The van der Waals surface area contributed by atoms with Gasteiger partial charge in [-0.05, 0) is 42.5 Å². The molecular formula is C17H16N4O2S2. The van der Waals surface area contributed by atoms with Crippen molar-refractivity contribution in [3.05, 3.63) is 52.4 Å². The lowest BCUT2D eigenvalue weighted by Gasteiger charge is -2.11. The third kappa shape index (κ3) is 3.97. The number of hydrogen-bond donors (Lipinski definition) is 0. The minimum atomic E-state index is -0.104. The van der Waals surface area contributed by atoms with Crippen LogP contribution in [-0.2, 0) is 4.79 Å². The highest BCUT2D eigenvalue weighted by atomic mass is 32.2. The van der Waals surface area contributed by atoms with Crippen LogP contribution in [0.1, 0.15) is 10.6 Å². The molecule has 0 N–H and O–H groups in total. The first kappa shape index (κ1) is 17.4. The second-order valence-electron chi connectivity index (χ2n) is 5.09. The molecule has 0 unspecified atom stereocenters. The van der Waals surface area contributed by atoms with E-state index in [4.69, 9.17) is 4.74 Å². The van der Waals surface area contributed by atoms with Gasteiger partial charge >= 0.3 is 0 Å². The number of amidine groups is 1. The number of benzene rings is 1. The number of ether oxygens (including phenoxy) is 1. The minimum Gasteiger partial charge on any atom is -0.497 e. The fourth-order valence-corrected chi connectivity index (χ4v) is 3.78. The third-order valence-electron chi connectivity index (χ3n) is 3.30. The summed E-state index contributed by atoms with van der Waals surface area (Å²) >= 11 is 2.70. The molecule has 0 radical (unpaired) electrons. The molecule has 1 aromatic heterocycles. The van der Waals surface area contributed by atoms with Crippen LogP contribution in [0.4, 0.5) is 5.13 Å². The van der Waals surface area contributed by atoms with Gasteiger partial charge in [0.1, 0.15) is 10.8 Å². The van der Waals surface area contributed by atoms with Crippen molar-refractivity contribution in [2.45, 2.75) is 6.92 Å². The summed E-state index contributed by atoms with van der Waals surface area (Å²) in [6.45, 7) is 5.97. The van der Waals surface area contributed by atoms with Crippen LogP contribution in [0.2, 0.25) is 0 Å². The Morgan fingerprint density at radius 2 is 2.24 bits per heavy atom. The average Bonchev–Trinajstić information content (AvgIpc) is 3.14. The van der Waals surface area contributed by atoms with Gasteiger partial charge in [-0.15, -0.1) is 16.8 Å². The number of aryl methyl sites for hydroxylation is 1. The number of carbonyl (C=O) groups is 1. The van der Waals surface area contributed by atoms with Crippen LogP contribution in [-0.4, -0.2) is 39.8 Å². The molecule has 0 saturated carbocycles. The molecule has 1 saturated heterocycles. The summed E-state index contributed by atoms with van der Waals surface area (Å²) in [5, 5.41) is 9.89. The summed E-state index contributed by atoms with van der Waals surface area (Å²) < 4.78 is 5.23. The van der Waals surface area contributed by atoms with Gasteiger partial charge < -0.3 is 4.74 Å². The molecule has 1 amide bonds. The molecule has 1 fully saturated rings. The van der Waals surface area contributed by atoms with Crippen molar-refractivity contribution in [3.63, 3.8) is 0 Å². The Labute approximate surface area is 153 Å². The molecule has 3 rings (SSSR count). The maximum absolute atomic E-state index is 12.7. The Morgan fingerprint density at radius 1 is 1.40 bits per heavy atom. The van der Waals surface area contributed by atoms with E-state index in [-0.39, 0.29) is 5.91 Å². The van der Waals surface area contributed by atoms with Crippen molar-refractivity contribution in [3.8, 4) is 5.75 Å². The molecule has 0 spiro atoms. The first-order chi connectivity index (χ1) is 12.1. The molecule has 128 valence electrons. The van der Waals surface area contributed by atoms with E-state index in [9.17, 15) is 4.79 Å². The Hall–Kier alpha value is -2.45. The maximum atomic E-state index is 12.7. The van der Waals surface area contributed by atoms with E-state index in [1.165, 1.54) is 23.1 Å². The molecule has 8 heteroatoms. The number of rotatable bonds is 5. The largest absolute Gasteiger partial charge is 0.497 e. The van der Waals surface area contributed by atoms with Crippen molar-refractivity contribution in [1.82, 2.24) is 15.1 Å². The molecule has 2 aromatic rings. The predicted molar refractivity (Wildman–Crippen MR) is 102 cm³/mol. The lowest BCUT2D eigenvalue weighted by molar-refractivity contribution is -0.121. The molecule has 25 heavy (non-hydrogen) atoms. The second kappa shape index (κ2) is 7.62. The fraction of sp³-hybridized carbons (Fsp3) is 0.176. The van der Waals surface area contributed by atoms with Crippen molar-refractivity contribution in [1.29, 1.82) is 0 Å². The molecular weight excluding hydrogens is 356 g/mol. The zero-order valence-electron chi connectivity index (χ0n) is 13.8. The quantitative estimate of drug-likeness (QED) is 0.592. The number of aromatic nitrogens is 2. The van der Waals surface area contributed by atoms with Gasteiger partial charge in [0.05, 0.1) is 12.0 Å². The van der Waals surface area contributed by atoms with Crippen LogP contribution in [0, 0.1) is 6.92 Å². The molecule has 0 bridgehead atoms. The minimum absolute atomic E-state index is 0.104. The number of carbonyl (C=O) groups excluding carboxylic acids is 1. The van der Waals surface area contributed by atoms with Crippen LogP contribution in [0.15, 0.2) is 46.8 Å². The Bertz CT molecular complexity index is 873. The van der Waals surface area contributed by atoms with Gasteiger partial charge in [-0.3, -0.25) is 9.69 Å². The van der Waals surface area contributed by atoms with E-state index in [2.05, 4.69) is 21.8 Å². The molecule has 6 nitrogen and oxygen atoms in total. The van der Waals surface area contributed by atoms with E-state index >= 15 is 0 Å². The summed E-state index contributed by atoms with van der Waals surface area (Å²) in [6.07, 6.45) is 3.51. The van der Waals surface area contributed by atoms with Gasteiger partial charge in [-0.2, -0.15) is 4.99 Å². The molecule has 0 atom stereocenters. The lowest BCUT2D eigenvalue weighted by atomic mass is 10.2. The predicted octanol–water partition coefficient (Wildman–Crippen LogP) is 3.65. The van der Waals surface area contributed by atoms with Crippen molar-refractivity contribution < 1.29 is 9.53 Å². The summed E-state index contributed by atoms with van der Waals surface area (Å²) in [6, 6.07) is 7.54. The van der Waals surface area contributed by atoms with E-state index in [1.54, 1.807) is 18.1 Å². The normalized spacial score (nSPS) is 17.5. The highest BCUT2D eigenvalue weighted by molar-refractivity contribution is 8.18. The van der Waals surface area contributed by atoms with Crippen molar-refractivity contribution in [2.75, 3.05) is 13.7 Å². The molecule has 1 aliphatic heterocycles. The topological polar surface area (TPSA) is 67.7 Å². The van der Waals surface area contributed by atoms with E-state index in [0.717, 1.165) is 16.3 Å². The molecule has 1 aromatic carbocycles. The van der Waals surface area contributed by atoms with Gasteiger partial charge in [-0.25, -0.2) is 0 Å². The number of methoxy groups -OCH3 is 1. The molecule has 2 heterocycles. The number of amides is 1. The van der Waals surface area contributed by atoms with Crippen LogP contribution in [0.25, 0.3) is 6.08 Å². The van der Waals surface area contributed by atoms with E-state index < -0.39 is 0 Å². The first-order valence-corrected chi connectivity index (χ1v) is 9.09. The summed E-state index contributed by atoms with van der Waals surface area (Å²) in [5.74, 6) is 0.638. The van der Waals surface area contributed by atoms with Gasteiger partial charge in [0, 0.05) is 6.54 Å². The van der Waals surface area contributed by atoms with E-state index in [1.807, 2.05) is 37.3 Å². The third-order valence-corrected chi connectivity index (χ3v) is 5.04. The van der Waals surface area contributed by atoms with Gasteiger partial charge in [-0.1, -0.05) is 29.5 Å². The number of hydrogen-bond acceptors (Lipinski definition) is 7. The van der Waals surface area contributed by atoms with Gasteiger partial charge in [0.25, 0.3) is 5.91 Å². The van der Waals surface area contributed by atoms with Gasteiger partial charge in [0.2, 0.25) is 5.13 Å². The fourth-order valence-electron chi connectivity index (χ4n) is 2.18. The Kier molecular flexibility index (Phi) is 5.30. The smallest absolute Gasteiger partial charge is 0.267 e. The Balaban J connectivity index is 1.93. The second-order valence-corrected chi connectivity index (χ2v) is 7.26. The molecule has 0 aliphatic carbocycles. The lowest BCUT2D eigenvalue weighted by Crippen LogP contribution is -2.29. The molecule has 1 aliphatic rings. The standard InChI is InChI=1S/C17H16N4O2S2/c1-4-8-21-15(22)14(10-12-6-5-7-13(9-12)23-3)25-17(21)18-16-20-19-11(2)24-16/h4-7,9-10H,1,8H2,2-3H3/b14-10+,18-17?. The van der Waals surface area contributed by atoms with Crippen molar-refractivity contribution >= 4 is 45.4 Å². The van der Waals surface area contributed by atoms with Crippen LogP contribution in [0.5, 0.6) is 5.75 Å². The average molecular weight is 372 g/mol. The number of nitrogens with zero attached hydrogens (tertiary/aromatic N) is 4. The maximum Gasteiger partial charge on any atom is 0.267 e. The van der Waals surface area contributed by atoms with Gasteiger partial charge in [0.15, 0.2) is 5.17 Å². The van der Waals surface area contributed by atoms with E-state index in [0.29, 0.717) is 21.7 Å². The van der Waals surface area contributed by atoms with Crippen molar-refractivity contribution in [2.24, 2.45) is 4.99 Å². The summed E-state index contributed by atoms with van der Waals surface area (Å²) in [5.41, 5.74) is 0.891. The highest BCUT2D eigenvalue weighted by Crippen LogP contribution is 2.34.